The highest BCUT2D eigenvalue weighted by Gasteiger charge is 2.29. The number of sulfonamides is 1. The first-order valence-electron chi connectivity index (χ1n) is 8.73. The molecule has 0 bridgehead atoms. The minimum Gasteiger partial charge on any atom is -0.380 e. The predicted molar refractivity (Wildman–Crippen MR) is 104 cm³/mol. The van der Waals surface area contributed by atoms with E-state index in [4.69, 9.17) is 4.74 Å². The van der Waals surface area contributed by atoms with Crippen molar-refractivity contribution in [2.75, 3.05) is 33.0 Å². The Morgan fingerprint density at radius 2 is 2.22 bits per heavy atom. The smallest absolute Gasteiger partial charge is 0.264 e. The fourth-order valence-electron chi connectivity index (χ4n) is 3.45. The molecule has 1 aromatic carbocycles. The molecule has 1 N–H and O–H groups in total. The summed E-state index contributed by atoms with van der Waals surface area (Å²) >= 11 is 1.28. The molecule has 1 aromatic heterocycles. The van der Waals surface area contributed by atoms with Crippen molar-refractivity contribution < 1.29 is 22.3 Å². The molecule has 1 fully saturated rings. The number of piperidine rings is 1. The van der Waals surface area contributed by atoms with Crippen LogP contribution in [0.2, 0.25) is 0 Å². The van der Waals surface area contributed by atoms with Crippen LogP contribution in [0.5, 0.6) is 0 Å². The van der Waals surface area contributed by atoms with Crippen molar-refractivity contribution >= 4 is 37.4 Å². The molecule has 6 nitrogen and oxygen atoms in total. The Bertz CT molecular complexity index is 942. The Hall–Kier alpha value is -1.55. The zero-order valence-corrected chi connectivity index (χ0v) is 17.0. The zero-order chi connectivity index (χ0) is 19.6. The molecule has 3 rings (SSSR count). The van der Waals surface area contributed by atoms with Gasteiger partial charge in [-0.25, -0.2) is 17.5 Å². The lowest BCUT2D eigenvalue weighted by molar-refractivity contribution is 0.0677. The van der Waals surface area contributed by atoms with Gasteiger partial charge in [0.25, 0.3) is 5.91 Å². The summed E-state index contributed by atoms with van der Waals surface area (Å²) in [5, 5.41) is 0.444. The number of hydrogen-bond donors (Lipinski definition) is 1. The third-order valence-corrected chi connectivity index (χ3v) is 6.56. The molecule has 1 atom stereocenters. The van der Waals surface area contributed by atoms with Crippen molar-refractivity contribution in [2.45, 2.75) is 19.4 Å². The Morgan fingerprint density at radius 1 is 1.44 bits per heavy atom. The van der Waals surface area contributed by atoms with Crippen LogP contribution in [0.4, 0.5) is 4.39 Å². The van der Waals surface area contributed by atoms with Crippen molar-refractivity contribution in [3.8, 4) is 0 Å². The summed E-state index contributed by atoms with van der Waals surface area (Å²) in [5.74, 6) is -0.440. The molecular formula is C18H23FN2O4S2. The maximum atomic E-state index is 14.3. The molecule has 2 heterocycles. The van der Waals surface area contributed by atoms with Crippen molar-refractivity contribution in [1.29, 1.82) is 0 Å². The fourth-order valence-corrected chi connectivity index (χ4v) is 5.18. The monoisotopic (exact) mass is 414 g/mol. The van der Waals surface area contributed by atoms with Crippen molar-refractivity contribution in [2.24, 2.45) is 5.92 Å². The third kappa shape index (κ3) is 4.66. The number of carbonyl (C=O) groups is 1. The molecule has 1 amide bonds. The van der Waals surface area contributed by atoms with E-state index in [0.717, 1.165) is 23.8 Å². The molecule has 0 aliphatic carbocycles. The lowest BCUT2D eigenvalue weighted by Crippen LogP contribution is -2.43. The number of halogens is 1. The number of amides is 1. The highest BCUT2D eigenvalue weighted by molar-refractivity contribution is 7.88. The van der Waals surface area contributed by atoms with Crippen LogP contribution in [0, 0.1) is 11.7 Å². The molecule has 0 saturated carbocycles. The van der Waals surface area contributed by atoms with Crippen LogP contribution in [0.1, 0.15) is 28.1 Å². The van der Waals surface area contributed by atoms with Crippen LogP contribution >= 0.6 is 11.3 Å². The molecule has 1 aliphatic heterocycles. The van der Waals surface area contributed by atoms with E-state index in [-0.39, 0.29) is 24.2 Å². The molecule has 1 saturated heterocycles. The van der Waals surface area contributed by atoms with Gasteiger partial charge < -0.3 is 9.64 Å². The molecule has 1 aliphatic rings. The van der Waals surface area contributed by atoms with Crippen molar-refractivity contribution in [3.63, 3.8) is 0 Å². The lowest BCUT2D eigenvalue weighted by Gasteiger charge is -2.32. The van der Waals surface area contributed by atoms with E-state index in [2.05, 4.69) is 4.72 Å². The van der Waals surface area contributed by atoms with Crippen LogP contribution < -0.4 is 4.72 Å². The van der Waals surface area contributed by atoms with Gasteiger partial charge in [0.1, 0.15) is 5.82 Å². The molecular weight excluding hydrogens is 391 g/mol. The van der Waals surface area contributed by atoms with Gasteiger partial charge >= 0.3 is 0 Å². The second-order valence-electron chi connectivity index (χ2n) is 6.84. The molecule has 27 heavy (non-hydrogen) atoms. The predicted octanol–water partition coefficient (Wildman–Crippen LogP) is 2.59. The van der Waals surface area contributed by atoms with E-state index in [9.17, 15) is 17.6 Å². The van der Waals surface area contributed by atoms with Gasteiger partial charge in [-0.15, -0.1) is 11.3 Å². The van der Waals surface area contributed by atoms with E-state index in [1.807, 2.05) is 0 Å². The number of nitrogens with one attached hydrogen (secondary N) is 1. The Morgan fingerprint density at radius 3 is 2.93 bits per heavy atom. The Kier molecular flexibility index (Phi) is 6.15. The summed E-state index contributed by atoms with van der Waals surface area (Å²) in [6, 6.07) is 4.82. The molecule has 0 radical (unpaired) electrons. The van der Waals surface area contributed by atoms with Gasteiger partial charge in [0.2, 0.25) is 10.0 Å². The van der Waals surface area contributed by atoms with Crippen LogP contribution in [0.25, 0.3) is 10.1 Å². The van der Waals surface area contributed by atoms with E-state index < -0.39 is 10.0 Å². The van der Waals surface area contributed by atoms with E-state index in [1.165, 1.54) is 24.5 Å². The average molecular weight is 415 g/mol. The average Bonchev–Trinajstić information content (AvgIpc) is 2.99. The molecule has 0 unspecified atom stereocenters. The maximum Gasteiger partial charge on any atom is 0.264 e. The Labute approximate surface area is 162 Å². The number of rotatable bonds is 6. The van der Waals surface area contributed by atoms with Gasteiger partial charge in [-0.3, -0.25) is 4.79 Å². The first kappa shape index (κ1) is 20.2. The van der Waals surface area contributed by atoms with Crippen molar-refractivity contribution in [3.05, 3.63) is 34.5 Å². The van der Waals surface area contributed by atoms with Gasteiger partial charge in [-0.05, 0) is 30.9 Å². The second-order valence-corrected chi connectivity index (χ2v) is 9.72. The quantitative estimate of drug-likeness (QED) is 0.788. The van der Waals surface area contributed by atoms with E-state index in [0.29, 0.717) is 35.5 Å². The normalized spacial score (nSPS) is 18.2. The van der Waals surface area contributed by atoms with Gasteiger partial charge in [-0.2, -0.15) is 0 Å². The molecule has 148 valence electrons. The largest absolute Gasteiger partial charge is 0.380 e. The standard InChI is InChI=1S/C18H23FN2O4S2/c1-25-11-13-16-14(19)6-3-7-15(16)26-17(13)18(22)21-8-4-5-12(10-21)9-20-27(2,23)24/h3,6-7,12,20H,4-5,8-11H2,1-2H3/t12-/m1/s1. The molecule has 2 aromatic rings. The number of fused-ring (bicyclic) bond motifs is 1. The van der Waals surface area contributed by atoms with Gasteiger partial charge in [0, 0.05) is 42.4 Å². The summed E-state index contributed by atoms with van der Waals surface area (Å²) in [4.78, 5) is 15.4. The minimum absolute atomic E-state index is 0.0643. The first-order valence-corrected chi connectivity index (χ1v) is 11.4. The number of carbonyl (C=O) groups excluding carboxylic acids is 1. The second kappa shape index (κ2) is 8.22. The van der Waals surface area contributed by atoms with Crippen LogP contribution in [-0.2, 0) is 21.4 Å². The summed E-state index contributed by atoms with van der Waals surface area (Å²) in [6.45, 7) is 1.56. The topological polar surface area (TPSA) is 75.7 Å². The SMILES string of the molecule is COCc1c(C(=O)N2CCC[C@H](CNS(C)(=O)=O)C2)sc2cccc(F)c12. The van der Waals surface area contributed by atoms with Gasteiger partial charge in [0.15, 0.2) is 0 Å². The van der Waals surface area contributed by atoms with Gasteiger partial charge in [-0.1, -0.05) is 6.07 Å². The summed E-state index contributed by atoms with van der Waals surface area (Å²) in [7, 11) is -1.74. The molecule has 9 heteroatoms. The number of likely N-dealkylation sites (tertiary alicyclic amines) is 1. The number of thiophene rings is 1. The first-order chi connectivity index (χ1) is 12.8. The molecule has 0 spiro atoms. The third-order valence-electron chi connectivity index (χ3n) is 4.69. The van der Waals surface area contributed by atoms with E-state index >= 15 is 0 Å². The van der Waals surface area contributed by atoms with E-state index in [1.54, 1.807) is 17.0 Å². The lowest BCUT2D eigenvalue weighted by atomic mass is 9.98. The maximum absolute atomic E-state index is 14.3. The zero-order valence-electron chi connectivity index (χ0n) is 15.3. The summed E-state index contributed by atoms with van der Waals surface area (Å²) in [6.07, 6.45) is 2.79. The summed E-state index contributed by atoms with van der Waals surface area (Å²) < 4.78 is 45.4. The number of benzene rings is 1. The van der Waals surface area contributed by atoms with Gasteiger partial charge in [0.05, 0.1) is 17.7 Å². The number of hydrogen-bond acceptors (Lipinski definition) is 5. The van der Waals surface area contributed by atoms with Crippen LogP contribution in [0.15, 0.2) is 18.2 Å². The number of ether oxygens (including phenoxy) is 1. The highest BCUT2D eigenvalue weighted by Crippen LogP contribution is 2.35. The van der Waals surface area contributed by atoms with Crippen LogP contribution in [0.3, 0.4) is 0 Å². The van der Waals surface area contributed by atoms with Crippen molar-refractivity contribution in [1.82, 2.24) is 9.62 Å². The van der Waals surface area contributed by atoms with Crippen LogP contribution in [-0.4, -0.2) is 52.2 Å². The number of nitrogens with zero attached hydrogens (tertiary/aromatic N) is 1. The number of methoxy groups -OCH3 is 1. The highest BCUT2D eigenvalue weighted by atomic mass is 32.2. The fraction of sp³-hybridized carbons (Fsp3) is 0.500. The summed E-state index contributed by atoms with van der Waals surface area (Å²) in [5.41, 5.74) is 0.581. The Balaban J connectivity index is 1.84. The minimum atomic E-state index is -3.26.